The molecule has 1 aromatic rings. The van der Waals surface area contributed by atoms with Crippen LogP contribution in [-0.2, 0) is 0 Å². The molecule has 0 saturated heterocycles. The molecule has 0 radical (unpaired) electrons. The molecule has 0 aliphatic carbocycles. The van der Waals surface area contributed by atoms with Crippen LogP contribution in [0.15, 0.2) is 29.4 Å². The molecule has 0 amide bonds. The zero-order chi connectivity index (χ0) is 14.7. The highest BCUT2D eigenvalue weighted by Gasteiger charge is 2.34. The summed E-state index contributed by atoms with van der Waals surface area (Å²) in [5, 5.41) is 12.8. The van der Waals surface area contributed by atoms with Gasteiger partial charge in [0.15, 0.2) is 0 Å². The van der Waals surface area contributed by atoms with Gasteiger partial charge >= 0.3 is 0 Å². The molecule has 0 aliphatic rings. The van der Waals surface area contributed by atoms with Crippen molar-refractivity contribution in [2.24, 2.45) is 5.16 Å². The molecule has 0 bridgehead atoms. The van der Waals surface area contributed by atoms with E-state index in [4.69, 9.17) is 5.21 Å². The van der Waals surface area contributed by atoms with Gasteiger partial charge in [-0.25, -0.2) is 4.39 Å². The molecule has 1 aromatic carbocycles. The maximum absolute atomic E-state index is 13.2. The van der Waals surface area contributed by atoms with Crippen molar-refractivity contribution in [2.45, 2.75) is 51.4 Å². The van der Waals surface area contributed by atoms with Gasteiger partial charge < -0.3 is 5.21 Å². The van der Waals surface area contributed by atoms with Crippen LogP contribution in [0, 0.1) is 5.82 Å². The molecular formula is C15H24FNOSi. The second kappa shape index (κ2) is 5.86. The van der Waals surface area contributed by atoms with Crippen LogP contribution in [0.5, 0.6) is 0 Å². The molecule has 106 valence electrons. The third kappa shape index (κ3) is 4.16. The molecule has 0 heterocycles. The van der Waals surface area contributed by atoms with Gasteiger partial charge in [0.25, 0.3) is 0 Å². The molecule has 19 heavy (non-hydrogen) atoms. The Morgan fingerprint density at radius 2 is 1.95 bits per heavy atom. The average molecular weight is 281 g/mol. The lowest BCUT2D eigenvalue weighted by atomic mass is 10.1. The van der Waals surface area contributed by atoms with E-state index in [1.807, 2.05) is 0 Å². The third-order valence-electron chi connectivity index (χ3n) is 4.30. The number of hydrogen-bond donors (Lipinski definition) is 1. The fraction of sp³-hybridized carbons (Fsp3) is 0.533. The van der Waals surface area contributed by atoms with E-state index < -0.39 is 8.07 Å². The van der Waals surface area contributed by atoms with Crippen LogP contribution in [0.4, 0.5) is 4.39 Å². The maximum atomic E-state index is 13.2. The van der Waals surface area contributed by atoms with Gasteiger partial charge in [0.1, 0.15) is 5.82 Å². The Balaban J connectivity index is 2.81. The first kappa shape index (κ1) is 15.9. The van der Waals surface area contributed by atoms with Gasteiger partial charge in [-0.1, -0.05) is 57.2 Å². The minimum absolute atomic E-state index is 0.300. The van der Waals surface area contributed by atoms with Crippen molar-refractivity contribution in [1.82, 2.24) is 0 Å². The molecular weight excluding hydrogens is 257 g/mol. The highest BCUT2D eigenvalue weighted by Crippen LogP contribution is 2.39. The first-order chi connectivity index (χ1) is 8.67. The number of oxime groups is 1. The quantitative estimate of drug-likeness (QED) is 0.362. The number of nitrogens with zero attached hydrogens (tertiary/aromatic N) is 1. The maximum Gasteiger partial charge on any atom is 0.123 e. The summed E-state index contributed by atoms with van der Waals surface area (Å²) in [6.07, 6.45) is 0.691. The van der Waals surface area contributed by atoms with E-state index in [0.29, 0.717) is 22.7 Å². The van der Waals surface area contributed by atoms with Crippen LogP contribution >= 0.6 is 0 Å². The van der Waals surface area contributed by atoms with Crippen LogP contribution in [0.2, 0.25) is 24.2 Å². The minimum atomic E-state index is -1.42. The molecule has 0 aliphatic heterocycles. The summed E-state index contributed by atoms with van der Waals surface area (Å²) < 4.78 is 13.2. The number of rotatable bonds is 4. The van der Waals surface area contributed by atoms with Crippen LogP contribution in [0.25, 0.3) is 0 Å². The molecule has 0 fully saturated rings. The Morgan fingerprint density at radius 1 is 1.32 bits per heavy atom. The fourth-order valence-electron chi connectivity index (χ4n) is 1.73. The SMILES string of the molecule is CC(C)(C)[Si](C)(C)CCC(=NO)c1cccc(F)c1. The Bertz CT molecular complexity index is 463. The van der Waals surface area contributed by atoms with E-state index in [9.17, 15) is 4.39 Å². The molecule has 0 unspecified atom stereocenters. The third-order valence-corrected chi connectivity index (χ3v) is 9.86. The van der Waals surface area contributed by atoms with E-state index in [2.05, 4.69) is 39.0 Å². The van der Waals surface area contributed by atoms with Gasteiger partial charge in [-0.05, 0) is 23.6 Å². The summed E-state index contributed by atoms with van der Waals surface area (Å²) in [6, 6.07) is 7.26. The smallest absolute Gasteiger partial charge is 0.123 e. The molecule has 2 nitrogen and oxygen atoms in total. The van der Waals surface area contributed by atoms with Crippen LogP contribution in [0.3, 0.4) is 0 Å². The standard InChI is InChI=1S/C15H24FNOSi/c1-15(2,3)19(4,5)10-9-14(17-18)12-7-6-8-13(16)11-12/h6-8,11,18H,9-10H2,1-5H3. The van der Waals surface area contributed by atoms with Crippen molar-refractivity contribution in [3.05, 3.63) is 35.6 Å². The molecule has 0 saturated carbocycles. The Kier molecular flexibility index (Phi) is 4.90. The van der Waals surface area contributed by atoms with Gasteiger partial charge in [0, 0.05) is 5.56 Å². The van der Waals surface area contributed by atoms with Crippen molar-refractivity contribution < 1.29 is 9.60 Å². The predicted octanol–water partition coefficient (Wildman–Crippen LogP) is 4.90. The fourth-order valence-corrected chi connectivity index (χ4v) is 3.34. The lowest BCUT2D eigenvalue weighted by Gasteiger charge is -2.37. The first-order valence-corrected chi connectivity index (χ1v) is 9.85. The highest BCUT2D eigenvalue weighted by molar-refractivity contribution is 6.80. The second-order valence-electron chi connectivity index (χ2n) is 6.69. The topological polar surface area (TPSA) is 32.6 Å². The molecule has 0 aromatic heterocycles. The van der Waals surface area contributed by atoms with Gasteiger partial charge in [-0.3, -0.25) is 0 Å². The zero-order valence-electron chi connectivity index (χ0n) is 12.5. The van der Waals surface area contributed by atoms with Crippen LogP contribution < -0.4 is 0 Å². The number of halogens is 1. The van der Waals surface area contributed by atoms with Gasteiger partial charge in [-0.15, -0.1) is 0 Å². The largest absolute Gasteiger partial charge is 0.411 e. The summed E-state index contributed by atoms with van der Waals surface area (Å²) in [5.41, 5.74) is 1.24. The van der Waals surface area contributed by atoms with Crippen LogP contribution in [0.1, 0.15) is 32.8 Å². The lowest BCUT2D eigenvalue weighted by Crippen LogP contribution is -2.37. The Labute approximate surface area is 116 Å². The van der Waals surface area contributed by atoms with E-state index in [1.165, 1.54) is 12.1 Å². The van der Waals surface area contributed by atoms with Crippen LogP contribution in [-0.4, -0.2) is 19.0 Å². The lowest BCUT2D eigenvalue weighted by molar-refractivity contribution is 0.318. The minimum Gasteiger partial charge on any atom is -0.411 e. The van der Waals surface area contributed by atoms with E-state index in [-0.39, 0.29) is 5.82 Å². The van der Waals surface area contributed by atoms with Crippen molar-refractivity contribution in [3.63, 3.8) is 0 Å². The van der Waals surface area contributed by atoms with Gasteiger partial charge in [-0.2, -0.15) is 0 Å². The predicted molar refractivity (Wildman–Crippen MR) is 81.3 cm³/mol. The molecule has 1 N–H and O–H groups in total. The Hall–Kier alpha value is -1.16. The van der Waals surface area contributed by atoms with E-state index in [0.717, 1.165) is 6.04 Å². The average Bonchev–Trinajstić information content (AvgIpc) is 2.28. The van der Waals surface area contributed by atoms with Gasteiger partial charge in [0.2, 0.25) is 0 Å². The van der Waals surface area contributed by atoms with E-state index in [1.54, 1.807) is 12.1 Å². The number of hydrogen-bond acceptors (Lipinski definition) is 2. The second-order valence-corrected chi connectivity index (χ2v) is 12.5. The van der Waals surface area contributed by atoms with Crippen molar-refractivity contribution in [2.75, 3.05) is 0 Å². The summed E-state index contributed by atoms with van der Waals surface area (Å²) in [5.74, 6) is -0.300. The first-order valence-electron chi connectivity index (χ1n) is 6.64. The molecule has 4 heteroatoms. The summed E-state index contributed by atoms with van der Waals surface area (Å²) in [7, 11) is -1.42. The monoisotopic (exact) mass is 281 g/mol. The summed E-state index contributed by atoms with van der Waals surface area (Å²) in [4.78, 5) is 0. The molecule has 0 atom stereocenters. The number of benzene rings is 1. The Morgan fingerprint density at radius 3 is 2.42 bits per heavy atom. The normalized spacial score (nSPS) is 13.7. The van der Waals surface area contributed by atoms with Crippen molar-refractivity contribution >= 4 is 13.8 Å². The molecule has 1 rings (SSSR count). The zero-order valence-corrected chi connectivity index (χ0v) is 13.5. The summed E-state index contributed by atoms with van der Waals surface area (Å²) in [6.45, 7) is 11.5. The molecule has 0 spiro atoms. The van der Waals surface area contributed by atoms with Crippen molar-refractivity contribution in [1.29, 1.82) is 0 Å². The van der Waals surface area contributed by atoms with Crippen molar-refractivity contribution in [3.8, 4) is 0 Å². The highest BCUT2D eigenvalue weighted by atomic mass is 28.3. The summed E-state index contributed by atoms with van der Waals surface area (Å²) >= 11 is 0. The van der Waals surface area contributed by atoms with E-state index >= 15 is 0 Å². The van der Waals surface area contributed by atoms with Gasteiger partial charge in [0.05, 0.1) is 13.8 Å².